The number of hydrogen-bond acceptors (Lipinski definition) is 3. The van der Waals surface area contributed by atoms with Crippen molar-refractivity contribution >= 4 is 12.0 Å². The summed E-state index contributed by atoms with van der Waals surface area (Å²) in [6.45, 7) is 4.63. The van der Waals surface area contributed by atoms with Crippen molar-refractivity contribution in [1.29, 1.82) is 0 Å². The molecular formula is C13H24N2O4. The summed E-state index contributed by atoms with van der Waals surface area (Å²) in [7, 11) is 1.64. The molecule has 0 aliphatic carbocycles. The van der Waals surface area contributed by atoms with Crippen molar-refractivity contribution in [1.82, 2.24) is 10.2 Å². The Morgan fingerprint density at radius 2 is 2.26 bits per heavy atom. The summed E-state index contributed by atoms with van der Waals surface area (Å²) in [4.78, 5) is 24.2. The van der Waals surface area contributed by atoms with E-state index in [2.05, 4.69) is 5.32 Å². The number of carbonyl (C=O) groups excluding carboxylic acids is 1. The second-order valence-electron chi connectivity index (χ2n) is 5.28. The summed E-state index contributed by atoms with van der Waals surface area (Å²) in [5.41, 5.74) is 0. The Kier molecular flexibility index (Phi) is 6.62. The summed E-state index contributed by atoms with van der Waals surface area (Å²) in [6, 6.07) is -0.0548. The third-order valence-corrected chi connectivity index (χ3v) is 3.39. The number of carboxylic acid groups (broad SMARTS) is 1. The highest BCUT2D eigenvalue weighted by atomic mass is 16.5. The number of carboxylic acids is 1. The van der Waals surface area contributed by atoms with E-state index in [1.54, 1.807) is 12.0 Å². The zero-order chi connectivity index (χ0) is 14.3. The van der Waals surface area contributed by atoms with Crippen molar-refractivity contribution in [2.45, 2.75) is 26.2 Å². The fourth-order valence-electron chi connectivity index (χ4n) is 2.30. The summed E-state index contributed by atoms with van der Waals surface area (Å²) in [5, 5.41) is 11.5. The lowest BCUT2D eigenvalue weighted by Gasteiger charge is -2.19. The monoisotopic (exact) mass is 272 g/mol. The van der Waals surface area contributed by atoms with Crippen LogP contribution in [0.1, 0.15) is 26.2 Å². The summed E-state index contributed by atoms with van der Waals surface area (Å²) in [5.74, 6) is -0.158. The molecule has 1 rings (SSSR count). The van der Waals surface area contributed by atoms with E-state index in [0.717, 1.165) is 13.0 Å². The van der Waals surface area contributed by atoms with Crippen molar-refractivity contribution in [2.75, 3.05) is 33.4 Å². The Hall–Kier alpha value is -1.30. The minimum absolute atomic E-state index is 0.0548. The lowest BCUT2D eigenvalue weighted by molar-refractivity contribution is -0.137. The fraction of sp³-hybridized carbons (Fsp3) is 0.846. The van der Waals surface area contributed by atoms with E-state index in [0.29, 0.717) is 38.0 Å². The molecule has 19 heavy (non-hydrogen) atoms. The average molecular weight is 272 g/mol. The topological polar surface area (TPSA) is 78.9 Å². The molecule has 0 bridgehead atoms. The smallest absolute Gasteiger partial charge is 0.317 e. The number of amides is 2. The van der Waals surface area contributed by atoms with E-state index in [9.17, 15) is 9.59 Å². The third-order valence-electron chi connectivity index (χ3n) is 3.39. The van der Waals surface area contributed by atoms with Gasteiger partial charge in [-0.3, -0.25) is 4.79 Å². The van der Waals surface area contributed by atoms with Gasteiger partial charge in [0.15, 0.2) is 0 Å². The zero-order valence-electron chi connectivity index (χ0n) is 11.7. The Labute approximate surface area is 114 Å². The van der Waals surface area contributed by atoms with Gasteiger partial charge in [0.1, 0.15) is 0 Å². The molecule has 0 spiro atoms. The molecule has 110 valence electrons. The molecule has 2 unspecified atom stereocenters. The number of methoxy groups -OCH3 is 1. The van der Waals surface area contributed by atoms with Crippen LogP contribution in [0.5, 0.6) is 0 Å². The molecule has 0 aromatic carbocycles. The lowest BCUT2D eigenvalue weighted by Crippen LogP contribution is -2.40. The van der Waals surface area contributed by atoms with Crippen molar-refractivity contribution in [3.63, 3.8) is 0 Å². The number of urea groups is 1. The number of hydrogen-bond donors (Lipinski definition) is 2. The summed E-state index contributed by atoms with van der Waals surface area (Å²) >= 11 is 0. The first kappa shape index (κ1) is 15.8. The van der Waals surface area contributed by atoms with Gasteiger partial charge in [-0.15, -0.1) is 0 Å². The predicted molar refractivity (Wildman–Crippen MR) is 71.0 cm³/mol. The standard InChI is InChI=1S/C13H24N2O4/c1-10(9-19-2)7-14-13(18)15-6-5-11(8-15)3-4-12(16)17/h10-11H,3-9H2,1-2H3,(H,14,18)(H,16,17). The van der Waals surface area contributed by atoms with E-state index >= 15 is 0 Å². The van der Waals surface area contributed by atoms with Gasteiger partial charge >= 0.3 is 12.0 Å². The maximum atomic E-state index is 11.9. The zero-order valence-corrected chi connectivity index (χ0v) is 11.7. The Bertz CT molecular complexity index is 309. The van der Waals surface area contributed by atoms with Gasteiger partial charge in [0.2, 0.25) is 0 Å². The van der Waals surface area contributed by atoms with E-state index < -0.39 is 5.97 Å². The van der Waals surface area contributed by atoms with Crippen LogP contribution < -0.4 is 5.32 Å². The number of aliphatic carboxylic acids is 1. The van der Waals surface area contributed by atoms with Gasteiger partial charge in [-0.25, -0.2) is 4.79 Å². The highest BCUT2D eigenvalue weighted by Gasteiger charge is 2.26. The average Bonchev–Trinajstić information content (AvgIpc) is 2.82. The maximum Gasteiger partial charge on any atom is 0.317 e. The number of likely N-dealkylation sites (tertiary alicyclic amines) is 1. The number of carbonyl (C=O) groups is 2. The first-order valence-corrected chi connectivity index (χ1v) is 6.76. The Morgan fingerprint density at radius 3 is 2.89 bits per heavy atom. The molecular weight excluding hydrogens is 248 g/mol. The molecule has 1 fully saturated rings. The van der Waals surface area contributed by atoms with Crippen LogP contribution in [0.2, 0.25) is 0 Å². The first-order chi connectivity index (χ1) is 9.02. The molecule has 6 nitrogen and oxygen atoms in total. The lowest BCUT2D eigenvalue weighted by atomic mass is 10.0. The molecule has 0 radical (unpaired) electrons. The van der Waals surface area contributed by atoms with Gasteiger partial charge in [0, 0.05) is 33.2 Å². The Morgan fingerprint density at radius 1 is 1.53 bits per heavy atom. The van der Waals surface area contributed by atoms with Crippen molar-refractivity contribution in [3.05, 3.63) is 0 Å². The largest absolute Gasteiger partial charge is 0.481 e. The second-order valence-corrected chi connectivity index (χ2v) is 5.28. The molecule has 0 aromatic heterocycles. The number of nitrogens with zero attached hydrogens (tertiary/aromatic N) is 1. The highest BCUT2D eigenvalue weighted by molar-refractivity contribution is 5.74. The van der Waals surface area contributed by atoms with Gasteiger partial charge in [-0.1, -0.05) is 6.92 Å². The van der Waals surface area contributed by atoms with E-state index in [1.807, 2.05) is 6.92 Å². The third kappa shape index (κ3) is 5.92. The predicted octanol–water partition coefficient (Wildman–Crippen LogP) is 1.17. The van der Waals surface area contributed by atoms with E-state index in [1.165, 1.54) is 0 Å². The van der Waals surface area contributed by atoms with Crippen LogP contribution in [0.15, 0.2) is 0 Å². The first-order valence-electron chi connectivity index (χ1n) is 6.76. The minimum atomic E-state index is -0.767. The molecule has 1 heterocycles. The van der Waals surface area contributed by atoms with E-state index in [4.69, 9.17) is 9.84 Å². The number of rotatable bonds is 7. The molecule has 2 N–H and O–H groups in total. The molecule has 2 atom stereocenters. The van der Waals surface area contributed by atoms with Crippen LogP contribution >= 0.6 is 0 Å². The number of ether oxygens (including phenoxy) is 1. The SMILES string of the molecule is COCC(C)CNC(=O)N1CCC(CCC(=O)O)C1. The van der Waals surface area contributed by atoms with Crippen LogP contribution in [0.4, 0.5) is 4.79 Å². The Balaban J connectivity index is 2.22. The van der Waals surface area contributed by atoms with Gasteiger partial charge in [0.25, 0.3) is 0 Å². The summed E-state index contributed by atoms with van der Waals surface area (Å²) in [6.07, 6.45) is 1.73. The van der Waals surface area contributed by atoms with Crippen molar-refractivity contribution in [2.24, 2.45) is 11.8 Å². The van der Waals surface area contributed by atoms with E-state index in [-0.39, 0.29) is 12.5 Å². The van der Waals surface area contributed by atoms with Crippen LogP contribution in [0.25, 0.3) is 0 Å². The quantitative estimate of drug-likeness (QED) is 0.729. The van der Waals surface area contributed by atoms with Gasteiger partial charge in [-0.2, -0.15) is 0 Å². The minimum Gasteiger partial charge on any atom is -0.481 e. The molecule has 0 aromatic rings. The second kappa shape index (κ2) is 7.99. The normalized spacial score (nSPS) is 20.3. The van der Waals surface area contributed by atoms with Crippen LogP contribution in [-0.4, -0.2) is 55.4 Å². The number of nitrogens with one attached hydrogen (secondary N) is 1. The van der Waals surface area contributed by atoms with Crippen LogP contribution in [-0.2, 0) is 9.53 Å². The van der Waals surface area contributed by atoms with Gasteiger partial charge in [-0.05, 0) is 24.7 Å². The van der Waals surface area contributed by atoms with Crippen LogP contribution in [0, 0.1) is 11.8 Å². The highest BCUT2D eigenvalue weighted by Crippen LogP contribution is 2.20. The fourth-order valence-corrected chi connectivity index (χ4v) is 2.30. The van der Waals surface area contributed by atoms with Crippen molar-refractivity contribution < 1.29 is 19.4 Å². The molecule has 1 aliphatic heterocycles. The molecule has 6 heteroatoms. The molecule has 0 saturated carbocycles. The van der Waals surface area contributed by atoms with Crippen molar-refractivity contribution in [3.8, 4) is 0 Å². The van der Waals surface area contributed by atoms with Crippen LogP contribution in [0.3, 0.4) is 0 Å². The van der Waals surface area contributed by atoms with Gasteiger partial charge < -0.3 is 20.1 Å². The van der Waals surface area contributed by atoms with Gasteiger partial charge in [0.05, 0.1) is 6.61 Å². The molecule has 1 aliphatic rings. The summed E-state index contributed by atoms with van der Waals surface area (Å²) < 4.78 is 5.01. The molecule has 1 saturated heterocycles. The maximum absolute atomic E-state index is 11.9. The molecule has 2 amide bonds.